The molecule has 3 N–H and O–H groups in total. The molecule has 0 spiro atoms. The summed E-state index contributed by atoms with van der Waals surface area (Å²) < 4.78 is 11.0. The van der Waals surface area contributed by atoms with Crippen LogP contribution in [0.1, 0.15) is 26.2 Å². The zero-order valence-corrected chi connectivity index (χ0v) is 10.5. The maximum atomic E-state index is 11.0. The van der Waals surface area contributed by atoms with Crippen LogP contribution >= 0.6 is 7.80 Å². The monoisotopic (exact) mass is 249 g/mol. The van der Waals surface area contributed by atoms with Crippen molar-refractivity contribution < 1.29 is 19.6 Å². The summed E-state index contributed by atoms with van der Waals surface area (Å²) in [7, 11) is -2.07. The van der Waals surface area contributed by atoms with E-state index in [1.165, 1.54) is 6.08 Å². The van der Waals surface area contributed by atoms with Crippen molar-refractivity contribution in [3.8, 4) is 0 Å². The van der Waals surface area contributed by atoms with Crippen LogP contribution in [0.4, 0.5) is 0 Å². The normalized spacial score (nSPS) is 13.5. The summed E-state index contributed by atoms with van der Waals surface area (Å²) in [5.74, 6) is -1.05. The van der Waals surface area contributed by atoms with E-state index < -0.39 is 13.8 Å². The third-order valence-electron chi connectivity index (χ3n) is 2.04. The molecule has 0 saturated heterocycles. The minimum atomic E-state index is -2.07. The second kappa shape index (κ2) is 9.43. The third kappa shape index (κ3) is 7.49. The summed E-state index contributed by atoms with van der Waals surface area (Å²) in [6, 6.07) is 0. The molecule has 0 aromatic carbocycles. The first-order valence-electron chi connectivity index (χ1n) is 5.41. The molecule has 0 aromatic heterocycles. The molecule has 1 atom stereocenters. The fourth-order valence-corrected chi connectivity index (χ4v) is 1.67. The summed E-state index contributed by atoms with van der Waals surface area (Å²) in [6.45, 7) is 2.67. The average Bonchev–Trinajstić information content (AvgIpc) is 2.27. The van der Waals surface area contributed by atoms with Crippen molar-refractivity contribution in [3.63, 3.8) is 0 Å². The number of rotatable bonds is 9. The van der Waals surface area contributed by atoms with Crippen molar-refractivity contribution >= 4 is 13.8 Å². The van der Waals surface area contributed by atoms with Crippen LogP contribution in [0.3, 0.4) is 0 Å². The van der Waals surface area contributed by atoms with Crippen LogP contribution in [-0.2, 0) is 9.36 Å². The average molecular weight is 249 g/mol. The predicted octanol–water partition coefficient (Wildman–Crippen LogP) is 1.24. The first kappa shape index (κ1) is 15.2. The van der Waals surface area contributed by atoms with Gasteiger partial charge in [0, 0.05) is 12.7 Å². The van der Waals surface area contributed by atoms with Crippen molar-refractivity contribution in [3.05, 3.63) is 11.8 Å². The van der Waals surface area contributed by atoms with Gasteiger partial charge in [0.15, 0.2) is 0 Å². The van der Waals surface area contributed by atoms with Crippen LogP contribution in [0.2, 0.25) is 0 Å². The van der Waals surface area contributed by atoms with E-state index in [0.29, 0.717) is 6.54 Å². The van der Waals surface area contributed by atoms with Gasteiger partial charge in [-0.1, -0.05) is 19.8 Å². The van der Waals surface area contributed by atoms with Gasteiger partial charge in [0.25, 0.3) is 0 Å². The molecule has 6 heteroatoms. The van der Waals surface area contributed by atoms with Crippen LogP contribution in [0, 0.1) is 0 Å². The van der Waals surface area contributed by atoms with Gasteiger partial charge >= 0.3 is 5.97 Å². The number of carboxylic acids is 1. The molecule has 94 valence electrons. The van der Waals surface area contributed by atoms with Gasteiger partial charge in [-0.25, -0.2) is 4.79 Å². The fourth-order valence-electron chi connectivity index (χ4n) is 1.11. The minimum Gasteiger partial charge on any atom is -0.477 e. The second-order valence-electron chi connectivity index (χ2n) is 3.46. The minimum absolute atomic E-state index is 0.0721. The van der Waals surface area contributed by atoms with Gasteiger partial charge in [0.2, 0.25) is 0 Å². The van der Waals surface area contributed by atoms with E-state index in [-0.39, 0.29) is 18.2 Å². The Morgan fingerprint density at radius 3 is 2.62 bits per heavy atom. The summed E-state index contributed by atoms with van der Waals surface area (Å²) in [5, 5.41) is 20.2. The summed E-state index contributed by atoms with van der Waals surface area (Å²) in [4.78, 5) is 10.8. The molecule has 1 unspecified atom stereocenters. The van der Waals surface area contributed by atoms with Gasteiger partial charge in [0.1, 0.15) is 13.5 Å². The van der Waals surface area contributed by atoms with Gasteiger partial charge in [-0.3, -0.25) is 0 Å². The van der Waals surface area contributed by atoms with E-state index in [0.717, 1.165) is 19.3 Å². The molecule has 0 amide bonds. The highest BCUT2D eigenvalue weighted by atomic mass is 31.1. The number of carbonyl (C=O) groups is 1. The van der Waals surface area contributed by atoms with E-state index in [4.69, 9.17) is 10.2 Å². The molecule has 0 radical (unpaired) electrons. The number of unbranched alkanes of at least 4 members (excludes halogenated alkanes) is 2. The lowest BCUT2D eigenvalue weighted by Crippen LogP contribution is -2.21. The zero-order valence-electron chi connectivity index (χ0n) is 9.53. The number of hydrogen-bond donors (Lipinski definition) is 3. The van der Waals surface area contributed by atoms with Crippen LogP contribution in [0.5, 0.6) is 0 Å². The lowest BCUT2D eigenvalue weighted by atomic mass is 10.2. The number of hydrogen-bond acceptors (Lipinski definition) is 4. The second-order valence-corrected chi connectivity index (χ2v) is 5.26. The number of aliphatic carboxylic acids is 1. The lowest BCUT2D eigenvalue weighted by molar-refractivity contribution is -0.133. The van der Waals surface area contributed by atoms with Crippen molar-refractivity contribution in [2.75, 3.05) is 19.1 Å². The fraction of sp³-hybridized carbons (Fsp3) is 0.700. The molecule has 0 aliphatic heterocycles. The highest BCUT2D eigenvalue weighted by molar-refractivity contribution is 7.44. The van der Waals surface area contributed by atoms with Gasteiger partial charge in [0.05, 0.1) is 6.35 Å². The first-order valence-corrected chi connectivity index (χ1v) is 7.24. The molecular formula is C10H20NO4P. The molecule has 16 heavy (non-hydrogen) atoms. The Hall–Kier alpha value is -0.800. The van der Waals surface area contributed by atoms with Gasteiger partial charge in [-0.2, -0.15) is 0 Å². The molecule has 0 aromatic rings. The van der Waals surface area contributed by atoms with Crippen LogP contribution in [0.25, 0.3) is 0 Å². The summed E-state index contributed by atoms with van der Waals surface area (Å²) in [5.41, 5.74) is 0.0721. The van der Waals surface area contributed by atoms with E-state index in [9.17, 15) is 9.36 Å². The Bertz CT molecular complexity index is 266. The van der Waals surface area contributed by atoms with Crippen LogP contribution in [0.15, 0.2) is 11.8 Å². The number of carboxylic acid groups (broad SMARTS) is 1. The quantitative estimate of drug-likeness (QED) is 0.325. The molecule has 0 fully saturated rings. The van der Waals surface area contributed by atoms with Gasteiger partial charge < -0.3 is 20.1 Å². The van der Waals surface area contributed by atoms with Crippen molar-refractivity contribution in [1.29, 1.82) is 0 Å². The number of aliphatic hydroxyl groups is 1. The largest absolute Gasteiger partial charge is 0.477 e. The maximum absolute atomic E-state index is 11.0. The number of aliphatic hydroxyl groups excluding tert-OH is 1. The molecule has 0 aliphatic carbocycles. The molecule has 0 saturated carbocycles. The van der Waals surface area contributed by atoms with Crippen LogP contribution < -0.4 is 5.32 Å². The Labute approximate surface area is 96.3 Å². The third-order valence-corrected chi connectivity index (χ3v) is 3.05. The lowest BCUT2D eigenvalue weighted by Gasteiger charge is -2.06. The Morgan fingerprint density at radius 2 is 2.12 bits per heavy atom. The van der Waals surface area contributed by atoms with Crippen molar-refractivity contribution in [1.82, 2.24) is 5.32 Å². The maximum Gasteiger partial charge on any atom is 0.351 e. The van der Waals surface area contributed by atoms with E-state index in [1.54, 1.807) is 0 Å². The summed E-state index contributed by atoms with van der Waals surface area (Å²) >= 11 is 0. The zero-order chi connectivity index (χ0) is 12.4. The first-order chi connectivity index (χ1) is 7.61. The van der Waals surface area contributed by atoms with E-state index in [1.807, 2.05) is 0 Å². The molecule has 0 rings (SSSR count). The van der Waals surface area contributed by atoms with Crippen molar-refractivity contribution in [2.24, 2.45) is 0 Å². The molecular weight excluding hydrogens is 229 g/mol. The Morgan fingerprint density at radius 1 is 1.44 bits per heavy atom. The highest BCUT2D eigenvalue weighted by Crippen LogP contribution is 2.17. The predicted molar refractivity (Wildman–Crippen MR) is 64.2 cm³/mol. The van der Waals surface area contributed by atoms with E-state index in [2.05, 4.69) is 12.2 Å². The molecule has 5 nitrogen and oxygen atoms in total. The smallest absolute Gasteiger partial charge is 0.351 e. The topological polar surface area (TPSA) is 86.6 Å². The van der Waals surface area contributed by atoms with Crippen molar-refractivity contribution in [2.45, 2.75) is 26.2 Å². The Balaban J connectivity index is 4.06. The summed E-state index contributed by atoms with van der Waals surface area (Å²) in [6.07, 6.45) is 4.18. The van der Waals surface area contributed by atoms with Crippen LogP contribution in [-0.4, -0.2) is 35.2 Å². The molecule has 0 heterocycles. The van der Waals surface area contributed by atoms with Gasteiger partial charge in [-0.15, -0.1) is 0 Å². The number of allylic oxidation sites excluding steroid dienone is 1. The molecule has 0 aliphatic rings. The SMILES string of the molecule is CCCCCNC(=CC[PH](=O)CO)C(=O)O. The Kier molecular flexibility index (Phi) is 8.96. The van der Waals surface area contributed by atoms with E-state index >= 15 is 0 Å². The molecule has 0 bridgehead atoms. The number of nitrogens with one attached hydrogen (secondary N) is 1. The van der Waals surface area contributed by atoms with Gasteiger partial charge in [-0.05, 0) is 12.5 Å². The highest BCUT2D eigenvalue weighted by Gasteiger charge is 2.06. The standard InChI is InChI=1S/C10H20NO4P/c1-2-3-4-6-11-9(10(13)14)5-7-16(15)8-12/h5,11-12,16H,2-4,6-8H2,1H3,(H,13,14).